The first-order valence-corrected chi connectivity index (χ1v) is 7.05. The molecule has 0 rings (SSSR count). The highest BCUT2D eigenvalue weighted by Crippen LogP contribution is 2.27. The Balaban J connectivity index is 0. The molecule has 0 N–H and O–H groups in total. The third-order valence-corrected chi connectivity index (χ3v) is 3.12. The van der Waals surface area contributed by atoms with Gasteiger partial charge in [-0.3, -0.25) is 0 Å². The molecule has 0 unspecified atom stereocenters. The summed E-state index contributed by atoms with van der Waals surface area (Å²) in [6.45, 7) is 20.5. The van der Waals surface area contributed by atoms with Gasteiger partial charge in [-0.25, -0.2) is 0 Å². The number of hydrogen-bond acceptors (Lipinski definition) is 0. The normalized spacial score (nSPS) is 12.4. The molecular formula is C16H36. The molecule has 0 radical (unpaired) electrons. The van der Waals surface area contributed by atoms with Crippen molar-refractivity contribution in [1.29, 1.82) is 0 Å². The maximum absolute atomic E-state index is 2.32. The first-order valence-electron chi connectivity index (χ1n) is 7.05. The van der Waals surface area contributed by atoms with Crippen LogP contribution in [0.4, 0.5) is 0 Å². The zero-order valence-corrected chi connectivity index (χ0v) is 13.4. The zero-order valence-electron chi connectivity index (χ0n) is 13.4. The molecule has 0 saturated heterocycles. The summed E-state index contributed by atoms with van der Waals surface area (Å²) in [5.41, 5.74) is 1.07. The van der Waals surface area contributed by atoms with E-state index in [-0.39, 0.29) is 0 Å². The Bertz CT molecular complexity index is 138. The van der Waals surface area contributed by atoms with Crippen molar-refractivity contribution < 1.29 is 0 Å². The average Bonchev–Trinajstić information content (AvgIpc) is 2.12. The summed E-state index contributed by atoms with van der Waals surface area (Å²) in [5, 5.41) is 0. The lowest BCUT2D eigenvalue weighted by Gasteiger charge is -2.23. The summed E-state index contributed by atoms with van der Waals surface area (Å²) in [4.78, 5) is 0. The Kier molecular flexibility index (Phi) is 9.35. The number of rotatable bonds is 3. The minimum absolute atomic E-state index is 0.524. The molecular weight excluding hydrogens is 192 g/mol. The maximum atomic E-state index is 2.32. The van der Waals surface area contributed by atoms with E-state index in [0.717, 1.165) is 5.92 Å². The molecule has 0 heterocycles. The van der Waals surface area contributed by atoms with Crippen LogP contribution in [0, 0.1) is 16.7 Å². The van der Waals surface area contributed by atoms with E-state index in [9.17, 15) is 0 Å². The van der Waals surface area contributed by atoms with Gasteiger partial charge in [0.05, 0.1) is 0 Å². The predicted octanol–water partition coefficient (Wildman–Crippen LogP) is 6.30. The smallest absolute Gasteiger partial charge is 0.0380 e. The molecule has 0 nitrogen and oxygen atoms in total. The van der Waals surface area contributed by atoms with Crippen LogP contribution in [0.3, 0.4) is 0 Å². The predicted molar refractivity (Wildman–Crippen MR) is 77.9 cm³/mol. The molecule has 0 heteroatoms. The summed E-state index contributed by atoms with van der Waals surface area (Å²) < 4.78 is 0. The van der Waals surface area contributed by atoms with E-state index >= 15 is 0 Å². The summed E-state index contributed by atoms with van der Waals surface area (Å²) in [7, 11) is 0. The van der Waals surface area contributed by atoms with E-state index in [4.69, 9.17) is 0 Å². The van der Waals surface area contributed by atoms with Crippen LogP contribution in [-0.4, -0.2) is 0 Å². The standard InChI is InChI=1S/C10H22.C6H14/c1-6-9(7-2)8-10(3,4)5;1-5-6(2,3)4/h9H,6-8H2,1-5H3;5H2,1-4H3. The summed E-state index contributed by atoms with van der Waals surface area (Å²) in [6, 6.07) is 0. The van der Waals surface area contributed by atoms with Crippen LogP contribution in [0.2, 0.25) is 0 Å². The lowest BCUT2D eigenvalue weighted by molar-refractivity contribution is 0.282. The Morgan fingerprint density at radius 3 is 1.06 bits per heavy atom. The van der Waals surface area contributed by atoms with Crippen LogP contribution < -0.4 is 0 Å². The van der Waals surface area contributed by atoms with E-state index < -0.39 is 0 Å². The summed E-state index contributed by atoms with van der Waals surface area (Å²) in [6.07, 6.45) is 5.33. The molecule has 100 valence electrons. The average molecular weight is 228 g/mol. The van der Waals surface area contributed by atoms with Gasteiger partial charge in [0.25, 0.3) is 0 Å². The van der Waals surface area contributed by atoms with Crippen molar-refractivity contribution in [2.75, 3.05) is 0 Å². The van der Waals surface area contributed by atoms with Gasteiger partial charge < -0.3 is 0 Å². The van der Waals surface area contributed by atoms with Crippen molar-refractivity contribution in [3.8, 4) is 0 Å². The molecule has 0 aliphatic heterocycles. The summed E-state index contributed by atoms with van der Waals surface area (Å²) in [5.74, 6) is 0.944. The second-order valence-electron chi connectivity index (χ2n) is 7.36. The Hall–Kier alpha value is 0. The third-order valence-electron chi connectivity index (χ3n) is 3.12. The first-order chi connectivity index (χ1) is 7.05. The zero-order chi connectivity index (χ0) is 13.4. The van der Waals surface area contributed by atoms with Gasteiger partial charge in [0.2, 0.25) is 0 Å². The van der Waals surface area contributed by atoms with Crippen LogP contribution >= 0.6 is 0 Å². The first kappa shape index (κ1) is 18.4. The molecule has 0 aliphatic rings. The van der Waals surface area contributed by atoms with Gasteiger partial charge in [0.15, 0.2) is 0 Å². The monoisotopic (exact) mass is 228 g/mol. The summed E-state index contributed by atoms with van der Waals surface area (Å²) >= 11 is 0. The van der Waals surface area contributed by atoms with Gasteiger partial charge in [-0.2, -0.15) is 0 Å². The van der Waals surface area contributed by atoms with Gasteiger partial charge in [0, 0.05) is 0 Å². The molecule has 0 fully saturated rings. The van der Waals surface area contributed by atoms with Crippen molar-refractivity contribution in [3.05, 3.63) is 0 Å². The lowest BCUT2D eigenvalue weighted by atomic mass is 9.82. The van der Waals surface area contributed by atoms with E-state index in [2.05, 4.69) is 62.3 Å². The SMILES string of the molecule is CCC(C)(C)C.CCC(CC)CC(C)(C)C. The number of hydrogen-bond donors (Lipinski definition) is 0. The van der Waals surface area contributed by atoms with Gasteiger partial charge in [-0.1, -0.05) is 81.6 Å². The van der Waals surface area contributed by atoms with Crippen LogP contribution in [0.25, 0.3) is 0 Å². The van der Waals surface area contributed by atoms with Crippen LogP contribution in [-0.2, 0) is 0 Å². The molecule has 0 aliphatic carbocycles. The molecule has 16 heavy (non-hydrogen) atoms. The Labute approximate surface area is 105 Å². The van der Waals surface area contributed by atoms with Crippen molar-refractivity contribution in [2.24, 2.45) is 16.7 Å². The fourth-order valence-electron chi connectivity index (χ4n) is 1.44. The van der Waals surface area contributed by atoms with E-state index in [1.54, 1.807) is 0 Å². The highest BCUT2D eigenvalue weighted by molar-refractivity contribution is 4.66. The molecule has 0 aromatic rings. The van der Waals surface area contributed by atoms with Crippen LogP contribution in [0.5, 0.6) is 0 Å². The maximum Gasteiger partial charge on any atom is -0.0380 e. The largest absolute Gasteiger partial charge is 0.0651 e. The minimum atomic E-state index is 0.524. The second-order valence-corrected chi connectivity index (χ2v) is 7.36. The topological polar surface area (TPSA) is 0 Å². The fraction of sp³-hybridized carbons (Fsp3) is 1.00. The van der Waals surface area contributed by atoms with Crippen LogP contribution in [0.15, 0.2) is 0 Å². The van der Waals surface area contributed by atoms with Gasteiger partial charge in [-0.05, 0) is 23.2 Å². The molecule has 0 atom stereocenters. The fourth-order valence-corrected chi connectivity index (χ4v) is 1.44. The molecule has 0 amide bonds. The van der Waals surface area contributed by atoms with Crippen LogP contribution in [0.1, 0.15) is 88.0 Å². The van der Waals surface area contributed by atoms with E-state index in [1.165, 1.54) is 25.7 Å². The molecule has 0 spiro atoms. The van der Waals surface area contributed by atoms with Crippen molar-refractivity contribution in [1.82, 2.24) is 0 Å². The third kappa shape index (κ3) is 16.4. The Morgan fingerprint density at radius 1 is 0.688 bits per heavy atom. The van der Waals surface area contributed by atoms with E-state index in [1.807, 2.05) is 0 Å². The minimum Gasteiger partial charge on any atom is -0.0651 e. The second kappa shape index (κ2) is 8.14. The van der Waals surface area contributed by atoms with Crippen molar-refractivity contribution >= 4 is 0 Å². The molecule has 0 aromatic carbocycles. The molecule has 0 aromatic heterocycles. The molecule has 0 saturated carbocycles. The molecule has 0 bridgehead atoms. The Morgan fingerprint density at radius 2 is 1.00 bits per heavy atom. The lowest BCUT2D eigenvalue weighted by Crippen LogP contribution is -2.11. The van der Waals surface area contributed by atoms with Gasteiger partial charge in [0.1, 0.15) is 0 Å². The highest BCUT2D eigenvalue weighted by atomic mass is 14.2. The quantitative estimate of drug-likeness (QED) is 0.531. The van der Waals surface area contributed by atoms with E-state index in [0.29, 0.717) is 10.8 Å². The highest BCUT2D eigenvalue weighted by Gasteiger charge is 2.15. The van der Waals surface area contributed by atoms with Gasteiger partial charge in [-0.15, -0.1) is 0 Å². The van der Waals surface area contributed by atoms with Gasteiger partial charge >= 0.3 is 0 Å². The van der Waals surface area contributed by atoms with Crippen molar-refractivity contribution in [2.45, 2.75) is 88.0 Å². The van der Waals surface area contributed by atoms with Crippen molar-refractivity contribution in [3.63, 3.8) is 0 Å².